The van der Waals surface area contributed by atoms with Gasteiger partial charge in [-0.3, -0.25) is 19.7 Å². The number of nitro groups is 1. The fourth-order valence-corrected chi connectivity index (χ4v) is 4.07. The van der Waals surface area contributed by atoms with Crippen molar-refractivity contribution in [3.05, 3.63) is 128 Å². The highest BCUT2D eigenvalue weighted by molar-refractivity contribution is 7.10. The standard InChI is InChI=1S/C29H22N4O7S/c1-39-26-16-19(9-14-25(26)40-29(36)21-10-12-22(13-11-21)33(37)38)18-30-32-28(35)24(17-23-8-5-15-41-23)31-27(34)20-6-3-2-4-7-20/h2-18H,1H3,(H,31,34)(H,32,35). The van der Waals surface area contributed by atoms with Crippen LogP contribution in [0, 0.1) is 10.1 Å². The predicted octanol–water partition coefficient (Wildman–Crippen LogP) is 4.81. The molecule has 0 aliphatic carbocycles. The molecule has 0 aliphatic heterocycles. The third-order valence-corrected chi connectivity index (χ3v) is 6.26. The number of thiophene rings is 1. The second-order valence-corrected chi connectivity index (χ2v) is 9.18. The minimum Gasteiger partial charge on any atom is -0.493 e. The first-order chi connectivity index (χ1) is 19.8. The molecule has 0 saturated carbocycles. The Bertz CT molecular complexity index is 1620. The van der Waals surface area contributed by atoms with E-state index in [4.69, 9.17) is 9.47 Å². The lowest BCUT2D eigenvalue weighted by Gasteiger charge is -2.10. The first-order valence-electron chi connectivity index (χ1n) is 11.9. The van der Waals surface area contributed by atoms with Crippen LogP contribution in [-0.2, 0) is 4.79 Å². The van der Waals surface area contributed by atoms with Gasteiger partial charge in [0.15, 0.2) is 11.5 Å². The van der Waals surface area contributed by atoms with Crippen molar-refractivity contribution in [1.29, 1.82) is 0 Å². The van der Waals surface area contributed by atoms with Gasteiger partial charge in [0.05, 0.1) is 23.8 Å². The maximum absolute atomic E-state index is 12.9. The molecule has 0 spiro atoms. The highest BCUT2D eigenvalue weighted by Gasteiger charge is 2.16. The largest absolute Gasteiger partial charge is 0.493 e. The Morgan fingerprint density at radius 3 is 2.34 bits per heavy atom. The Labute approximate surface area is 237 Å². The van der Waals surface area contributed by atoms with Crippen LogP contribution in [0.2, 0.25) is 0 Å². The number of carbonyl (C=O) groups excluding carboxylic acids is 3. The summed E-state index contributed by atoms with van der Waals surface area (Å²) < 4.78 is 10.7. The minimum atomic E-state index is -0.727. The van der Waals surface area contributed by atoms with Crippen molar-refractivity contribution in [3.8, 4) is 11.5 Å². The van der Waals surface area contributed by atoms with Crippen molar-refractivity contribution in [2.24, 2.45) is 5.10 Å². The van der Waals surface area contributed by atoms with Crippen LogP contribution in [0.15, 0.2) is 101 Å². The number of methoxy groups -OCH3 is 1. The first kappa shape index (κ1) is 28.4. The number of amides is 2. The SMILES string of the molecule is COc1cc(C=NNC(=O)C(=Cc2cccs2)NC(=O)c2ccccc2)ccc1OC(=O)c1ccc([N+](=O)[O-])cc1. The van der Waals surface area contributed by atoms with Gasteiger partial charge in [-0.1, -0.05) is 24.3 Å². The van der Waals surface area contributed by atoms with Gasteiger partial charge in [-0.2, -0.15) is 5.10 Å². The molecule has 4 aromatic rings. The maximum Gasteiger partial charge on any atom is 0.343 e. The fraction of sp³-hybridized carbons (Fsp3) is 0.0345. The molecule has 0 bridgehead atoms. The Morgan fingerprint density at radius 1 is 0.927 bits per heavy atom. The summed E-state index contributed by atoms with van der Waals surface area (Å²) in [7, 11) is 1.39. The van der Waals surface area contributed by atoms with Crippen molar-refractivity contribution in [3.63, 3.8) is 0 Å². The van der Waals surface area contributed by atoms with Gasteiger partial charge in [-0.05, 0) is 65.6 Å². The second-order valence-electron chi connectivity index (χ2n) is 8.20. The number of esters is 1. The number of nitro benzene ring substituents is 1. The van der Waals surface area contributed by atoms with Crippen LogP contribution < -0.4 is 20.2 Å². The molecule has 0 fully saturated rings. The third kappa shape index (κ3) is 7.71. The molecule has 1 heterocycles. The fourth-order valence-electron chi connectivity index (χ4n) is 3.41. The number of nitrogens with one attached hydrogen (secondary N) is 2. The number of hydrazone groups is 1. The summed E-state index contributed by atoms with van der Waals surface area (Å²) in [5.41, 5.74) is 3.27. The zero-order chi connectivity index (χ0) is 29.2. The average molecular weight is 571 g/mol. The van der Waals surface area contributed by atoms with Crippen LogP contribution >= 0.6 is 11.3 Å². The lowest BCUT2D eigenvalue weighted by Crippen LogP contribution is -2.32. The molecule has 0 aliphatic rings. The Hall–Kier alpha value is -5.62. The first-order valence-corrected chi connectivity index (χ1v) is 12.8. The molecule has 0 atom stereocenters. The second kappa shape index (κ2) is 13.4. The van der Waals surface area contributed by atoms with E-state index in [-0.39, 0.29) is 28.4 Å². The molecule has 12 heteroatoms. The van der Waals surface area contributed by atoms with E-state index in [1.165, 1.54) is 61.1 Å². The van der Waals surface area contributed by atoms with Crippen molar-refractivity contribution >= 4 is 47.1 Å². The van der Waals surface area contributed by atoms with Crippen LogP contribution in [0.4, 0.5) is 5.69 Å². The van der Waals surface area contributed by atoms with E-state index in [1.807, 2.05) is 11.4 Å². The molecule has 3 aromatic carbocycles. The highest BCUT2D eigenvalue weighted by atomic mass is 32.1. The number of benzene rings is 3. The third-order valence-electron chi connectivity index (χ3n) is 5.44. The molecule has 41 heavy (non-hydrogen) atoms. The molecule has 0 radical (unpaired) electrons. The van der Waals surface area contributed by atoms with E-state index in [2.05, 4.69) is 15.8 Å². The number of non-ortho nitro benzene ring substituents is 1. The summed E-state index contributed by atoms with van der Waals surface area (Å²) in [5.74, 6) is -1.49. The number of hydrogen-bond acceptors (Lipinski definition) is 9. The topological polar surface area (TPSA) is 149 Å². The van der Waals surface area contributed by atoms with Gasteiger partial charge in [0, 0.05) is 22.6 Å². The maximum atomic E-state index is 12.9. The van der Waals surface area contributed by atoms with E-state index in [0.717, 1.165) is 4.88 Å². The van der Waals surface area contributed by atoms with Crippen LogP contribution in [0.3, 0.4) is 0 Å². The number of nitrogens with zero attached hydrogens (tertiary/aromatic N) is 2. The summed E-state index contributed by atoms with van der Waals surface area (Å²) in [4.78, 5) is 49.0. The van der Waals surface area contributed by atoms with E-state index >= 15 is 0 Å². The summed E-state index contributed by atoms with van der Waals surface area (Å²) in [5, 5.41) is 19.3. The van der Waals surface area contributed by atoms with Crippen LogP contribution in [0.5, 0.6) is 11.5 Å². The number of rotatable bonds is 10. The number of carbonyl (C=O) groups is 3. The molecule has 1 aromatic heterocycles. The molecule has 206 valence electrons. The minimum absolute atomic E-state index is 0.00420. The molecule has 0 saturated heterocycles. The molecule has 4 rings (SSSR count). The van der Waals surface area contributed by atoms with Crippen molar-refractivity contribution < 1.29 is 28.8 Å². The summed E-state index contributed by atoms with van der Waals surface area (Å²) >= 11 is 1.40. The van der Waals surface area contributed by atoms with Crippen molar-refractivity contribution in [2.45, 2.75) is 0 Å². The molecular formula is C29H22N4O7S. The van der Waals surface area contributed by atoms with E-state index in [9.17, 15) is 24.5 Å². The van der Waals surface area contributed by atoms with Gasteiger partial charge >= 0.3 is 5.97 Å². The monoisotopic (exact) mass is 570 g/mol. The normalized spacial score (nSPS) is 11.1. The van der Waals surface area contributed by atoms with Gasteiger partial charge in [0.1, 0.15) is 5.70 Å². The van der Waals surface area contributed by atoms with Gasteiger partial charge in [-0.25, -0.2) is 10.2 Å². The summed E-state index contributed by atoms with van der Waals surface area (Å²) in [6.07, 6.45) is 2.90. The molecule has 11 nitrogen and oxygen atoms in total. The van der Waals surface area contributed by atoms with Gasteiger partial charge in [-0.15, -0.1) is 11.3 Å². The molecular weight excluding hydrogens is 548 g/mol. The Kier molecular flexibility index (Phi) is 9.31. The van der Waals surface area contributed by atoms with Gasteiger partial charge in [0.2, 0.25) is 0 Å². The quantitative estimate of drug-likeness (QED) is 0.0694. The molecule has 0 unspecified atom stereocenters. The lowest BCUT2D eigenvalue weighted by molar-refractivity contribution is -0.384. The number of ether oxygens (including phenoxy) is 2. The summed E-state index contributed by atoms with van der Waals surface area (Å²) in [6.45, 7) is 0. The smallest absolute Gasteiger partial charge is 0.343 e. The zero-order valence-electron chi connectivity index (χ0n) is 21.5. The Morgan fingerprint density at radius 2 is 1.68 bits per heavy atom. The predicted molar refractivity (Wildman–Crippen MR) is 153 cm³/mol. The van der Waals surface area contributed by atoms with E-state index < -0.39 is 22.7 Å². The zero-order valence-corrected chi connectivity index (χ0v) is 22.3. The highest BCUT2D eigenvalue weighted by Crippen LogP contribution is 2.28. The van der Waals surface area contributed by atoms with Gasteiger partial charge in [0.25, 0.3) is 17.5 Å². The Balaban J connectivity index is 1.43. The van der Waals surface area contributed by atoms with E-state index in [0.29, 0.717) is 11.1 Å². The van der Waals surface area contributed by atoms with Gasteiger partial charge < -0.3 is 14.8 Å². The van der Waals surface area contributed by atoms with Crippen molar-refractivity contribution in [1.82, 2.24) is 10.7 Å². The average Bonchev–Trinajstić information content (AvgIpc) is 3.51. The molecule has 2 N–H and O–H groups in total. The van der Waals surface area contributed by atoms with Crippen molar-refractivity contribution in [2.75, 3.05) is 7.11 Å². The van der Waals surface area contributed by atoms with Crippen LogP contribution in [0.1, 0.15) is 31.2 Å². The van der Waals surface area contributed by atoms with Crippen LogP contribution in [-0.4, -0.2) is 36.0 Å². The lowest BCUT2D eigenvalue weighted by atomic mass is 10.2. The van der Waals surface area contributed by atoms with E-state index in [1.54, 1.807) is 48.5 Å². The number of hydrogen-bond donors (Lipinski definition) is 2. The molecule has 2 amide bonds. The van der Waals surface area contributed by atoms with Crippen LogP contribution in [0.25, 0.3) is 6.08 Å². The summed E-state index contributed by atoms with van der Waals surface area (Å²) in [6, 6.07) is 21.7.